The molecule has 0 aliphatic carbocycles. The molecule has 2 N–H and O–H groups in total. The average molecular weight is 270 g/mol. The van der Waals surface area contributed by atoms with Crippen LogP contribution in [0.5, 0.6) is 0 Å². The highest BCUT2D eigenvalue weighted by Crippen LogP contribution is 2.18. The van der Waals surface area contributed by atoms with E-state index in [1.54, 1.807) is 0 Å². The maximum atomic E-state index is 4.38. The zero-order chi connectivity index (χ0) is 13.9. The van der Waals surface area contributed by atoms with Crippen molar-refractivity contribution >= 4 is 16.9 Å². The summed E-state index contributed by atoms with van der Waals surface area (Å²) < 4.78 is 2.00. The summed E-state index contributed by atoms with van der Waals surface area (Å²) in [5.41, 5.74) is 4.44. The third-order valence-corrected chi connectivity index (χ3v) is 3.49. The Hall–Kier alpha value is -2.37. The molecule has 3 rings (SSSR count). The Balaban J connectivity index is 1.61. The average Bonchev–Trinajstić information content (AvgIpc) is 3.03. The van der Waals surface area contributed by atoms with Gasteiger partial charge in [-0.3, -0.25) is 5.10 Å². The minimum atomic E-state index is 0.854. The lowest BCUT2D eigenvalue weighted by Crippen LogP contribution is -2.05. The van der Waals surface area contributed by atoms with Crippen molar-refractivity contribution in [3.8, 4) is 0 Å². The van der Waals surface area contributed by atoms with Crippen LogP contribution in [0.15, 0.2) is 24.8 Å². The van der Waals surface area contributed by atoms with Gasteiger partial charge in [0.15, 0.2) is 5.82 Å². The predicted octanol–water partition coefficient (Wildman–Crippen LogP) is 2.04. The molecule has 0 unspecified atom stereocenters. The first-order chi connectivity index (χ1) is 9.75. The van der Waals surface area contributed by atoms with Crippen molar-refractivity contribution in [1.82, 2.24) is 24.7 Å². The van der Waals surface area contributed by atoms with E-state index >= 15 is 0 Å². The van der Waals surface area contributed by atoms with Crippen LogP contribution in [-0.4, -0.2) is 31.3 Å². The van der Waals surface area contributed by atoms with Crippen LogP contribution >= 0.6 is 0 Å². The molecular formula is C14H18N6. The molecule has 0 fully saturated rings. The van der Waals surface area contributed by atoms with E-state index in [0.717, 1.165) is 41.9 Å². The van der Waals surface area contributed by atoms with E-state index < -0.39 is 0 Å². The molecule has 6 nitrogen and oxygen atoms in total. The topological polar surface area (TPSA) is 71.4 Å². The molecule has 0 amide bonds. The van der Waals surface area contributed by atoms with Gasteiger partial charge in [-0.05, 0) is 31.4 Å². The van der Waals surface area contributed by atoms with E-state index in [1.165, 1.54) is 5.56 Å². The first-order valence-corrected chi connectivity index (χ1v) is 6.74. The molecule has 0 spiro atoms. The van der Waals surface area contributed by atoms with Crippen LogP contribution < -0.4 is 5.32 Å². The Bertz CT molecular complexity index is 711. The second-order valence-electron chi connectivity index (χ2n) is 4.93. The second kappa shape index (κ2) is 5.32. The molecule has 0 aliphatic rings. The van der Waals surface area contributed by atoms with E-state index in [0.29, 0.717) is 0 Å². The summed E-state index contributed by atoms with van der Waals surface area (Å²) in [4.78, 5) is 8.75. The quantitative estimate of drug-likeness (QED) is 0.696. The second-order valence-corrected chi connectivity index (χ2v) is 4.93. The summed E-state index contributed by atoms with van der Waals surface area (Å²) in [5.74, 6) is 0.854. The van der Waals surface area contributed by atoms with Crippen molar-refractivity contribution in [2.45, 2.75) is 19.8 Å². The Labute approximate surface area is 117 Å². The number of imidazole rings is 1. The number of aryl methyl sites for hydroxylation is 3. The number of aromatic amines is 1. The van der Waals surface area contributed by atoms with Crippen molar-refractivity contribution in [1.29, 1.82) is 0 Å². The van der Waals surface area contributed by atoms with Gasteiger partial charge in [-0.15, -0.1) is 0 Å². The lowest BCUT2D eigenvalue weighted by molar-refractivity contribution is 0.854. The summed E-state index contributed by atoms with van der Waals surface area (Å²) in [6.45, 7) is 2.92. The number of fused-ring (bicyclic) bond motifs is 1. The van der Waals surface area contributed by atoms with Crippen LogP contribution in [-0.2, 0) is 13.5 Å². The van der Waals surface area contributed by atoms with Gasteiger partial charge in [0.25, 0.3) is 0 Å². The maximum Gasteiger partial charge on any atom is 0.154 e. The molecular weight excluding hydrogens is 252 g/mol. The maximum absolute atomic E-state index is 4.38. The van der Waals surface area contributed by atoms with Gasteiger partial charge in [-0.1, -0.05) is 0 Å². The van der Waals surface area contributed by atoms with Crippen LogP contribution in [0.2, 0.25) is 0 Å². The van der Waals surface area contributed by atoms with Gasteiger partial charge < -0.3 is 9.88 Å². The Morgan fingerprint density at radius 3 is 3.05 bits per heavy atom. The third kappa shape index (κ3) is 2.36. The minimum absolute atomic E-state index is 0.854. The van der Waals surface area contributed by atoms with Crippen molar-refractivity contribution in [2.75, 3.05) is 11.9 Å². The van der Waals surface area contributed by atoms with E-state index in [9.17, 15) is 0 Å². The van der Waals surface area contributed by atoms with Crippen LogP contribution in [0.3, 0.4) is 0 Å². The number of rotatable bonds is 5. The fourth-order valence-corrected chi connectivity index (χ4v) is 2.30. The highest BCUT2D eigenvalue weighted by atomic mass is 15.1. The molecule has 3 aromatic rings. The van der Waals surface area contributed by atoms with Crippen molar-refractivity contribution in [3.63, 3.8) is 0 Å². The molecule has 0 aliphatic heterocycles. The summed E-state index contributed by atoms with van der Waals surface area (Å²) in [6.07, 6.45) is 7.56. The Morgan fingerprint density at radius 2 is 2.25 bits per heavy atom. The number of H-pyrrole nitrogens is 1. The van der Waals surface area contributed by atoms with Gasteiger partial charge >= 0.3 is 0 Å². The van der Waals surface area contributed by atoms with Crippen LogP contribution in [0, 0.1) is 6.92 Å². The number of nitrogens with one attached hydrogen (secondary N) is 2. The van der Waals surface area contributed by atoms with Crippen LogP contribution in [0.1, 0.15) is 17.7 Å². The largest absolute Gasteiger partial charge is 0.368 e. The normalized spacial score (nSPS) is 11.1. The first kappa shape index (κ1) is 12.7. The third-order valence-electron chi connectivity index (χ3n) is 3.49. The number of pyridine rings is 1. The molecule has 0 saturated heterocycles. The highest BCUT2D eigenvalue weighted by molar-refractivity contribution is 5.85. The fraction of sp³-hybridized carbons (Fsp3) is 0.357. The number of hydrogen-bond donors (Lipinski definition) is 2. The zero-order valence-electron chi connectivity index (χ0n) is 11.7. The molecule has 3 aromatic heterocycles. The van der Waals surface area contributed by atoms with Gasteiger partial charge in [0.1, 0.15) is 5.52 Å². The first-order valence-electron chi connectivity index (χ1n) is 6.74. The van der Waals surface area contributed by atoms with Gasteiger partial charge in [-0.25, -0.2) is 9.97 Å². The number of anilines is 1. The molecule has 0 atom stereocenters. The van der Waals surface area contributed by atoms with Gasteiger partial charge in [0.2, 0.25) is 0 Å². The lowest BCUT2D eigenvalue weighted by atomic mass is 10.1. The zero-order valence-corrected chi connectivity index (χ0v) is 11.7. The van der Waals surface area contributed by atoms with E-state index in [1.807, 2.05) is 43.3 Å². The summed E-state index contributed by atoms with van der Waals surface area (Å²) in [6, 6.07) is 1.97. The van der Waals surface area contributed by atoms with Crippen molar-refractivity contribution in [3.05, 3.63) is 36.0 Å². The van der Waals surface area contributed by atoms with E-state index in [4.69, 9.17) is 0 Å². The number of aromatic nitrogens is 5. The van der Waals surface area contributed by atoms with Crippen molar-refractivity contribution < 1.29 is 0 Å². The van der Waals surface area contributed by atoms with Gasteiger partial charge in [0.05, 0.1) is 18.0 Å². The number of nitrogens with zero attached hydrogens (tertiary/aromatic N) is 4. The SMILES string of the molecule is Cc1[nH]ncc1CCCNc1nccc2c1ncn2C. The molecule has 0 saturated carbocycles. The van der Waals surface area contributed by atoms with Crippen LogP contribution in [0.4, 0.5) is 5.82 Å². The van der Waals surface area contributed by atoms with Gasteiger partial charge in [0, 0.05) is 25.5 Å². The Morgan fingerprint density at radius 1 is 1.35 bits per heavy atom. The molecule has 0 aromatic carbocycles. The summed E-state index contributed by atoms with van der Waals surface area (Å²) in [7, 11) is 1.99. The molecule has 3 heterocycles. The molecule has 20 heavy (non-hydrogen) atoms. The lowest BCUT2D eigenvalue weighted by Gasteiger charge is -2.06. The van der Waals surface area contributed by atoms with E-state index in [2.05, 4.69) is 25.5 Å². The van der Waals surface area contributed by atoms with Gasteiger partial charge in [-0.2, -0.15) is 5.10 Å². The van der Waals surface area contributed by atoms with E-state index in [-0.39, 0.29) is 0 Å². The standard InChI is InChI=1S/C14H18N6/c1-10-11(8-18-19-10)4-3-6-15-14-13-12(5-7-16-14)20(2)9-17-13/h5,7-9H,3-4,6H2,1-2H3,(H,15,16)(H,18,19). The number of hydrogen-bond acceptors (Lipinski definition) is 4. The summed E-state index contributed by atoms with van der Waals surface area (Å²) in [5, 5.41) is 10.4. The summed E-state index contributed by atoms with van der Waals surface area (Å²) >= 11 is 0. The molecule has 6 heteroatoms. The monoisotopic (exact) mass is 270 g/mol. The van der Waals surface area contributed by atoms with Crippen molar-refractivity contribution in [2.24, 2.45) is 7.05 Å². The smallest absolute Gasteiger partial charge is 0.154 e. The molecule has 104 valence electrons. The fourth-order valence-electron chi connectivity index (χ4n) is 2.30. The molecule has 0 radical (unpaired) electrons. The Kier molecular flexibility index (Phi) is 3.37. The highest BCUT2D eigenvalue weighted by Gasteiger charge is 2.06. The van der Waals surface area contributed by atoms with Crippen LogP contribution in [0.25, 0.3) is 11.0 Å². The minimum Gasteiger partial charge on any atom is -0.368 e. The molecule has 0 bridgehead atoms. The predicted molar refractivity (Wildman–Crippen MR) is 78.6 cm³/mol.